The molecule has 1 radical (unpaired) electrons. The van der Waals surface area contributed by atoms with Gasteiger partial charge in [-0.1, -0.05) is 6.07 Å². The second-order valence-electron chi connectivity index (χ2n) is 6.82. The first-order chi connectivity index (χ1) is 14.1. The highest BCUT2D eigenvalue weighted by molar-refractivity contribution is 5.77. The number of aliphatic imine (C=N–C) groups is 1. The first kappa shape index (κ1) is 17.4. The summed E-state index contributed by atoms with van der Waals surface area (Å²) in [4.78, 5) is 4.54. The Balaban J connectivity index is 1.62. The number of methoxy groups -OCH3 is 1. The van der Waals surface area contributed by atoms with Gasteiger partial charge in [0.25, 0.3) is 6.02 Å². The Labute approximate surface area is 166 Å². The van der Waals surface area contributed by atoms with Crippen molar-refractivity contribution in [2.45, 2.75) is 5.54 Å². The van der Waals surface area contributed by atoms with E-state index in [9.17, 15) is 4.39 Å². The summed E-state index contributed by atoms with van der Waals surface area (Å²) in [5, 5.41) is 3.34. The monoisotopic (exact) mass is 390 g/mol. The van der Waals surface area contributed by atoms with Crippen molar-refractivity contribution in [3.8, 4) is 17.2 Å². The van der Waals surface area contributed by atoms with Gasteiger partial charge in [0.15, 0.2) is 17.1 Å². The van der Waals surface area contributed by atoms with Crippen molar-refractivity contribution in [2.24, 2.45) is 10.7 Å². The van der Waals surface area contributed by atoms with Crippen LogP contribution >= 0.6 is 0 Å². The lowest BCUT2D eigenvalue weighted by Gasteiger charge is -2.33. The largest absolute Gasteiger partial charge is 0.497 e. The Bertz CT molecular complexity index is 1150. The first-order valence-electron chi connectivity index (χ1n) is 9.01. The van der Waals surface area contributed by atoms with Crippen LogP contribution in [0.25, 0.3) is 0 Å². The van der Waals surface area contributed by atoms with Gasteiger partial charge in [-0.2, -0.15) is 0 Å². The number of hydrogen-bond acceptors (Lipinski definition) is 6. The summed E-state index contributed by atoms with van der Waals surface area (Å²) in [5.74, 6) is 0.855. The van der Waals surface area contributed by atoms with Crippen LogP contribution in [0.2, 0.25) is 0 Å². The van der Waals surface area contributed by atoms with Crippen LogP contribution in [0.5, 0.6) is 17.2 Å². The fraction of sp³-hybridized carbons (Fsp3) is 0.136. The van der Waals surface area contributed by atoms with Crippen molar-refractivity contribution in [1.29, 1.82) is 0 Å². The summed E-state index contributed by atoms with van der Waals surface area (Å²) in [6, 6.07) is 18.9. The molecule has 5 rings (SSSR count). The molecule has 2 aliphatic heterocycles. The minimum Gasteiger partial charge on any atom is -0.497 e. The molecule has 0 amide bonds. The van der Waals surface area contributed by atoms with Crippen LogP contribution in [0.3, 0.4) is 0 Å². The molecule has 0 saturated carbocycles. The maximum Gasteiger partial charge on any atom is 0.283 e. The van der Waals surface area contributed by atoms with Gasteiger partial charge in [-0.25, -0.2) is 9.38 Å². The van der Waals surface area contributed by atoms with Crippen molar-refractivity contribution in [2.75, 3.05) is 19.0 Å². The minimum atomic E-state index is -0.988. The smallest absolute Gasteiger partial charge is 0.283 e. The molecular weight excluding hydrogens is 373 g/mol. The van der Waals surface area contributed by atoms with Gasteiger partial charge in [0.1, 0.15) is 18.1 Å². The third kappa shape index (κ3) is 2.74. The Morgan fingerprint density at radius 3 is 2.83 bits per heavy atom. The number of hydrogen-bond donors (Lipinski definition) is 2. The van der Waals surface area contributed by atoms with Gasteiger partial charge in [-0.3, -0.25) is 0 Å². The van der Waals surface area contributed by atoms with E-state index >= 15 is 0 Å². The highest BCUT2D eigenvalue weighted by Gasteiger charge is 2.47. The molecule has 0 saturated heterocycles. The van der Waals surface area contributed by atoms with Crippen molar-refractivity contribution in [3.05, 3.63) is 77.6 Å². The van der Waals surface area contributed by atoms with E-state index in [1.807, 2.05) is 36.4 Å². The second-order valence-corrected chi connectivity index (χ2v) is 6.82. The number of ether oxygens (including phenoxy) is 3. The van der Waals surface area contributed by atoms with E-state index in [1.54, 1.807) is 19.2 Å². The number of amidine groups is 1. The first-order valence-corrected chi connectivity index (χ1v) is 9.01. The number of anilines is 2. The van der Waals surface area contributed by atoms with Crippen molar-refractivity contribution in [1.82, 2.24) is 0 Å². The highest BCUT2D eigenvalue weighted by atomic mass is 19.1. The molecule has 0 fully saturated rings. The van der Waals surface area contributed by atoms with Crippen LogP contribution in [0.1, 0.15) is 11.1 Å². The summed E-state index contributed by atoms with van der Waals surface area (Å²) >= 11 is 0. The average molecular weight is 390 g/mol. The van der Waals surface area contributed by atoms with Crippen LogP contribution < -0.4 is 20.5 Å². The Morgan fingerprint density at radius 2 is 2.03 bits per heavy atom. The lowest BCUT2D eigenvalue weighted by Crippen LogP contribution is -2.31. The van der Waals surface area contributed by atoms with Crippen molar-refractivity contribution in [3.63, 3.8) is 0 Å². The van der Waals surface area contributed by atoms with Gasteiger partial charge >= 0.3 is 0 Å². The maximum absolute atomic E-state index is 14.4. The highest BCUT2D eigenvalue weighted by Crippen LogP contribution is 2.52. The molecule has 6 nitrogen and oxygen atoms in total. The van der Waals surface area contributed by atoms with Gasteiger partial charge in [0, 0.05) is 28.6 Å². The lowest BCUT2D eigenvalue weighted by atomic mass is 9.81. The molecule has 1 atom stereocenters. The van der Waals surface area contributed by atoms with E-state index in [1.165, 1.54) is 6.07 Å². The Hall–Kier alpha value is -3.74. The zero-order valence-electron chi connectivity index (χ0n) is 15.5. The normalized spacial score (nSPS) is 18.9. The second kappa shape index (κ2) is 6.41. The Morgan fingerprint density at radius 1 is 1.17 bits per heavy atom. The standard InChI is InChI=1S/C22H17FN3O3/c1-27-15-5-2-4-13(10-15)25-14-8-9-19-17(11-14)22(12-28-21(24)26-22)16-6-3-7-18(23)20(16)29-19/h2,4-11,25H,12H2,1H3,(H2,24,26). The average Bonchev–Trinajstić information content (AvgIpc) is 3.12. The van der Waals surface area contributed by atoms with E-state index in [0.29, 0.717) is 11.3 Å². The molecule has 1 unspecified atom stereocenters. The molecule has 0 aromatic heterocycles. The number of fused-ring (bicyclic) bond motifs is 4. The predicted molar refractivity (Wildman–Crippen MR) is 106 cm³/mol. The van der Waals surface area contributed by atoms with Crippen molar-refractivity contribution < 1.29 is 18.6 Å². The molecule has 145 valence electrons. The molecule has 0 aliphatic carbocycles. The number of nitrogens with two attached hydrogens (primary N) is 1. The number of nitrogens with one attached hydrogen (secondary N) is 1. The fourth-order valence-electron chi connectivity index (χ4n) is 3.72. The van der Waals surface area contributed by atoms with E-state index in [4.69, 9.17) is 19.9 Å². The summed E-state index contributed by atoms with van der Waals surface area (Å²) in [6.45, 7) is 0.155. The van der Waals surface area contributed by atoms with Crippen molar-refractivity contribution >= 4 is 17.4 Å². The molecule has 2 aliphatic rings. The van der Waals surface area contributed by atoms with E-state index in [-0.39, 0.29) is 18.4 Å². The van der Waals surface area contributed by atoms with Gasteiger partial charge in [-0.15, -0.1) is 0 Å². The molecule has 7 heteroatoms. The van der Waals surface area contributed by atoms with E-state index < -0.39 is 11.4 Å². The van der Waals surface area contributed by atoms with Gasteiger partial charge in [0.2, 0.25) is 0 Å². The lowest BCUT2D eigenvalue weighted by molar-refractivity contribution is 0.262. The topological polar surface area (TPSA) is 78.1 Å². The summed E-state index contributed by atoms with van der Waals surface area (Å²) in [6.07, 6.45) is 0. The Kier molecular flexibility index (Phi) is 3.84. The van der Waals surface area contributed by atoms with E-state index in [2.05, 4.69) is 16.4 Å². The molecule has 29 heavy (non-hydrogen) atoms. The van der Waals surface area contributed by atoms with Crippen LogP contribution in [0.15, 0.2) is 59.6 Å². The number of nitrogens with zero attached hydrogens (tertiary/aromatic N) is 1. The molecule has 2 heterocycles. The SMILES string of the molecule is COc1cccc(Nc2ccc3c(c2)C2(COC(N)=N2)c2c[c]cc(F)c2O3)c1. The van der Waals surface area contributed by atoms with Gasteiger partial charge < -0.3 is 25.3 Å². The van der Waals surface area contributed by atoms with Crippen LogP contribution in [0, 0.1) is 11.9 Å². The molecule has 0 bridgehead atoms. The molecule has 3 N–H and O–H groups in total. The number of benzene rings is 3. The zero-order valence-corrected chi connectivity index (χ0v) is 15.5. The van der Waals surface area contributed by atoms with Crippen LogP contribution in [-0.4, -0.2) is 19.7 Å². The molecule has 1 spiro atoms. The number of halogens is 1. The summed E-state index contributed by atoms with van der Waals surface area (Å²) in [5.41, 5.74) is 7.79. The minimum absolute atomic E-state index is 0.0548. The van der Waals surface area contributed by atoms with Gasteiger partial charge in [-0.05, 0) is 48.5 Å². The quantitative estimate of drug-likeness (QED) is 0.705. The summed E-state index contributed by atoms with van der Waals surface area (Å²) < 4.78 is 31.1. The third-order valence-electron chi connectivity index (χ3n) is 5.07. The number of rotatable bonds is 3. The maximum atomic E-state index is 14.4. The van der Waals surface area contributed by atoms with Crippen LogP contribution in [0.4, 0.5) is 15.8 Å². The third-order valence-corrected chi connectivity index (χ3v) is 5.07. The van der Waals surface area contributed by atoms with Gasteiger partial charge in [0.05, 0.1) is 7.11 Å². The van der Waals surface area contributed by atoms with Crippen LogP contribution in [-0.2, 0) is 10.3 Å². The zero-order chi connectivity index (χ0) is 20.0. The molecular formula is C22H17FN3O3. The predicted octanol–water partition coefficient (Wildman–Crippen LogP) is 4.07. The molecule has 3 aromatic rings. The van der Waals surface area contributed by atoms with E-state index in [0.717, 1.165) is 22.7 Å². The molecule has 3 aromatic carbocycles. The summed E-state index contributed by atoms with van der Waals surface area (Å²) in [7, 11) is 1.62. The fourth-order valence-corrected chi connectivity index (χ4v) is 3.72.